The van der Waals surface area contributed by atoms with E-state index in [2.05, 4.69) is 10.3 Å². The van der Waals surface area contributed by atoms with Crippen LogP contribution in [0.1, 0.15) is 17.4 Å². The summed E-state index contributed by atoms with van der Waals surface area (Å²) in [6, 6.07) is 5.38. The standard InChI is InChI=1S/C13H15N3O3S/c1-3-19-12(17)11-10(16-13(14)20)8-6-7(18-2)4-5-9(8)15-11/h4-6,15H,3H2,1-2H3,(H3,14,16,20). The molecule has 0 aliphatic rings. The average molecular weight is 293 g/mol. The summed E-state index contributed by atoms with van der Waals surface area (Å²) in [6.45, 7) is 2.02. The third-order valence-electron chi connectivity index (χ3n) is 2.73. The number of fused-ring (bicyclic) bond motifs is 1. The number of benzene rings is 1. The summed E-state index contributed by atoms with van der Waals surface area (Å²) in [7, 11) is 1.57. The average Bonchev–Trinajstić information content (AvgIpc) is 2.76. The molecule has 7 heteroatoms. The molecule has 0 saturated heterocycles. The van der Waals surface area contributed by atoms with Crippen LogP contribution in [-0.2, 0) is 4.74 Å². The number of nitrogens with two attached hydrogens (primary N) is 1. The molecule has 0 unspecified atom stereocenters. The van der Waals surface area contributed by atoms with Gasteiger partial charge in [0.25, 0.3) is 0 Å². The Balaban J connectivity index is 2.60. The molecule has 0 radical (unpaired) electrons. The Bertz CT molecular complexity index is 666. The van der Waals surface area contributed by atoms with Crippen LogP contribution in [0.2, 0.25) is 0 Å². The van der Waals surface area contributed by atoms with Crippen LogP contribution in [0.3, 0.4) is 0 Å². The van der Waals surface area contributed by atoms with E-state index in [0.29, 0.717) is 11.4 Å². The molecule has 1 aromatic heterocycles. The number of aromatic amines is 1. The van der Waals surface area contributed by atoms with Crippen molar-refractivity contribution < 1.29 is 14.3 Å². The summed E-state index contributed by atoms with van der Waals surface area (Å²) >= 11 is 4.85. The van der Waals surface area contributed by atoms with Crippen molar-refractivity contribution in [3.63, 3.8) is 0 Å². The van der Waals surface area contributed by atoms with Crippen molar-refractivity contribution in [2.24, 2.45) is 5.73 Å². The molecule has 0 atom stereocenters. The van der Waals surface area contributed by atoms with Gasteiger partial charge in [0.2, 0.25) is 0 Å². The van der Waals surface area contributed by atoms with Gasteiger partial charge in [-0.3, -0.25) is 0 Å². The Labute approximate surface area is 121 Å². The molecule has 4 N–H and O–H groups in total. The van der Waals surface area contributed by atoms with E-state index in [1.807, 2.05) is 6.07 Å². The van der Waals surface area contributed by atoms with Gasteiger partial charge in [-0.05, 0) is 37.3 Å². The van der Waals surface area contributed by atoms with Gasteiger partial charge in [-0.15, -0.1) is 0 Å². The highest BCUT2D eigenvalue weighted by molar-refractivity contribution is 7.80. The van der Waals surface area contributed by atoms with Crippen molar-refractivity contribution >= 4 is 39.9 Å². The molecule has 2 aromatic rings. The minimum Gasteiger partial charge on any atom is -0.497 e. The first kappa shape index (κ1) is 14.1. The van der Waals surface area contributed by atoms with E-state index in [4.69, 9.17) is 27.4 Å². The first-order valence-electron chi connectivity index (χ1n) is 6.00. The second-order valence-electron chi connectivity index (χ2n) is 4.00. The van der Waals surface area contributed by atoms with Crippen molar-refractivity contribution in [3.05, 3.63) is 23.9 Å². The summed E-state index contributed by atoms with van der Waals surface area (Å²) in [6.07, 6.45) is 0. The molecule has 0 spiro atoms. The molecule has 6 nitrogen and oxygen atoms in total. The van der Waals surface area contributed by atoms with Crippen molar-refractivity contribution in [3.8, 4) is 5.75 Å². The monoisotopic (exact) mass is 293 g/mol. The fourth-order valence-electron chi connectivity index (χ4n) is 1.91. The predicted molar refractivity (Wildman–Crippen MR) is 81.2 cm³/mol. The Morgan fingerprint density at radius 1 is 1.50 bits per heavy atom. The highest BCUT2D eigenvalue weighted by Gasteiger charge is 2.19. The number of hydrogen-bond acceptors (Lipinski definition) is 4. The van der Waals surface area contributed by atoms with E-state index in [1.165, 1.54) is 0 Å². The van der Waals surface area contributed by atoms with E-state index in [9.17, 15) is 4.79 Å². The fraction of sp³-hybridized carbons (Fsp3) is 0.231. The lowest BCUT2D eigenvalue weighted by Gasteiger charge is -2.06. The van der Waals surface area contributed by atoms with Gasteiger partial charge < -0.3 is 25.5 Å². The smallest absolute Gasteiger partial charge is 0.356 e. The second-order valence-corrected chi connectivity index (χ2v) is 4.44. The van der Waals surface area contributed by atoms with Crippen LogP contribution in [0.5, 0.6) is 5.75 Å². The molecule has 0 aliphatic carbocycles. The number of methoxy groups -OCH3 is 1. The number of nitrogens with one attached hydrogen (secondary N) is 2. The van der Waals surface area contributed by atoms with Crippen LogP contribution in [0, 0.1) is 0 Å². The molecule has 1 aromatic carbocycles. The Hall–Kier alpha value is -2.28. The van der Waals surface area contributed by atoms with Gasteiger partial charge in [0.15, 0.2) is 5.11 Å². The number of carbonyl (C=O) groups excluding carboxylic acids is 1. The van der Waals surface area contributed by atoms with Crippen LogP contribution in [-0.4, -0.2) is 29.8 Å². The van der Waals surface area contributed by atoms with E-state index in [1.54, 1.807) is 26.2 Å². The maximum Gasteiger partial charge on any atom is 0.356 e. The zero-order chi connectivity index (χ0) is 14.7. The van der Waals surface area contributed by atoms with Gasteiger partial charge in [-0.2, -0.15) is 0 Å². The molecule has 0 amide bonds. The van der Waals surface area contributed by atoms with Crippen LogP contribution in [0.4, 0.5) is 5.69 Å². The number of anilines is 1. The molecule has 20 heavy (non-hydrogen) atoms. The van der Waals surface area contributed by atoms with Crippen molar-refractivity contribution in [1.82, 2.24) is 4.98 Å². The zero-order valence-corrected chi connectivity index (χ0v) is 12.0. The number of thiocarbonyl (C=S) groups is 1. The maximum absolute atomic E-state index is 12.0. The van der Waals surface area contributed by atoms with E-state index >= 15 is 0 Å². The van der Waals surface area contributed by atoms with Gasteiger partial charge in [-0.1, -0.05) is 0 Å². The zero-order valence-electron chi connectivity index (χ0n) is 11.1. The molecule has 0 saturated carbocycles. The topological polar surface area (TPSA) is 89.4 Å². The lowest BCUT2D eigenvalue weighted by molar-refractivity contribution is 0.0522. The third kappa shape index (κ3) is 2.67. The fourth-order valence-corrected chi connectivity index (χ4v) is 2.01. The lowest BCUT2D eigenvalue weighted by Crippen LogP contribution is -2.20. The number of aromatic nitrogens is 1. The highest BCUT2D eigenvalue weighted by atomic mass is 32.1. The molecule has 0 bridgehead atoms. The highest BCUT2D eigenvalue weighted by Crippen LogP contribution is 2.31. The van der Waals surface area contributed by atoms with Gasteiger partial charge >= 0.3 is 5.97 Å². The summed E-state index contributed by atoms with van der Waals surface area (Å²) in [4.78, 5) is 15.0. The Morgan fingerprint density at radius 2 is 2.25 bits per heavy atom. The summed E-state index contributed by atoms with van der Waals surface area (Å²) in [5.41, 5.74) is 7.04. The minimum absolute atomic E-state index is 0.0688. The molecule has 0 fully saturated rings. The van der Waals surface area contributed by atoms with Crippen LogP contribution < -0.4 is 15.8 Å². The lowest BCUT2D eigenvalue weighted by atomic mass is 10.2. The summed E-state index contributed by atoms with van der Waals surface area (Å²) in [5.74, 6) is 0.194. The number of ether oxygens (including phenoxy) is 2. The van der Waals surface area contributed by atoms with Gasteiger partial charge in [-0.25, -0.2) is 4.79 Å². The number of esters is 1. The third-order valence-corrected chi connectivity index (χ3v) is 2.84. The second kappa shape index (κ2) is 5.79. The largest absolute Gasteiger partial charge is 0.497 e. The van der Waals surface area contributed by atoms with Crippen LogP contribution in [0.25, 0.3) is 10.9 Å². The minimum atomic E-state index is -0.471. The van der Waals surface area contributed by atoms with E-state index in [-0.39, 0.29) is 17.4 Å². The van der Waals surface area contributed by atoms with Crippen molar-refractivity contribution in [1.29, 1.82) is 0 Å². The maximum atomic E-state index is 12.0. The quantitative estimate of drug-likeness (QED) is 0.590. The van der Waals surface area contributed by atoms with Gasteiger partial charge in [0.05, 0.1) is 19.4 Å². The van der Waals surface area contributed by atoms with Crippen molar-refractivity contribution in [2.45, 2.75) is 6.92 Å². The molecule has 106 valence electrons. The summed E-state index contributed by atoms with van der Waals surface area (Å²) in [5, 5.41) is 3.63. The SMILES string of the molecule is CCOC(=O)c1[nH]c2ccc(OC)cc2c1NC(N)=S. The summed E-state index contributed by atoms with van der Waals surface area (Å²) < 4.78 is 10.2. The van der Waals surface area contributed by atoms with Crippen molar-refractivity contribution in [2.75, 3.05) is 19.0 Å². The number of carbonyl (C=O) groups is 1. The van der Waals surface area contributed by atoms with Gasteiger partial charge in [0, 0.05) is 10.9 Å². The Morgan fingerprint density at radius 3 is 2.85 bits per heavy atom. The molecule has 0 aliphatic heterocycles. The predicted octanol–water partition coefficient (Wildman–Crippen LogP) is 2.01. The van der Waals surface area contributed by atoms with E-state index in [0.717, 1.165) is 10.9 Å². The van der Waals surface area contributed by atoms with Crippen LogP contribution in [0.15, 0.2) is 18.2 Å². The number of H-pyrrole nitrogens is 1. The first-order valence-corrected chi connectivity index (χ1v) is 6.41. The molecule has 1 heterocycles. The normalized spacial score (nSPS) is 10.3. The first-order chi connectivity index (χ1) is 9.56. The van der Waals surface area contributed by atoms with E-state index < -0.39 is 5.97 Å². The molecular weight excluding hydrogens is 278 g/mol. The molecule has 2 rings (SSSR count). The number of hydrogen-bond donors (Lipinski definition) is 3. The Kier molecular flexibility index (Phi) is 4.09. The van der Waals surface area contributed by atoms with Gasteiger partial charge in [0.1, 0.15) is 11.4 Å². The number of rotatable bonds is 4. The van der Waals surface area contributed by atoms with Crippen LogP contribution >= 0.6 is 12.2 Å². The molecular formula is C13H15N3O3S.